The molecular weight excluding hydrogens is 487 g/mol. The summed E-state index contributed by atoms with van der Waals surface area (Å²) in [5, 5.41) is 3.28. The third-order valence-electron chi connectivity index (χ3n) is 6.70. The van der Waals surface area contributed by atoms with E-state index in [9.17, 15) is 8.42 Å². The summed E-state index contributed by atoms with van der Waals surface area (Å²) in [4.78, 5) is 9.29. The number of hydrogen-bond acceptors (Lipinski definition) is 4. The molecule has 0 atom stereocenters. The van der Waals surface area contributed by atoms with Gasteiger partial charge in [0.25, 0.3) is 0 Å². The molecule has 0 spiro atoms. The van der Waals surface area contributed by atoms with Crippen molar-refractivity contribution in [1.29, 1.82) is 0 Å². The fourth-order valence-corrected chi connectivity index (χ4v) is 4.52. The third kappa shape index (κ3) is 6.72. The van der Waals surface area contributed by atoms with Crippen molar-refractivity contribution in [1.82, 2.24) is 15.1 Å². The van der Waals surface area contributed by atoms with Crippen molar-refractivity contribution in [2.24, 2.45) is 16.8 Å². The molecule has 0 aromatic heterocycles. The van der Waals surface area contributed by atoms with Gasteiger partial charge in [0.2, 0.25) is 0 Å². The van der Waals surface area contributed by atoms with Crippen LogP contribution in [0.15, 0.2) is 4.99 Å². The average Bonchev–Trinajstić information content (AvgIpc) is 2.62. The van der Waals surface area contributed by atoms with Crippen LogP contribution < -0.4 is 5.32 Å². The Balaban J connectivity index is 0.00000392. The molecule has 1 aliphatic carbocycles. The lowest BCUT2D eigenvalue weighted by molar-refractivity contribution is 0.0864. The van der Waals surface area contributed by atoms with E-state index in [2.05, 4.69) is 34.0 Å². The highest BCUT2D eigenvalue weighted by Gasteiger charge is 2.32. The topological polar surface area (TPSA) is 65.0 Å². The summed E-state index contributed by atoms with van der Waals surface area (Å²) in [5.41, 5.74) is 0. The van der Waals surface area contributed by atoms with Gasteiger partial charge in [-0.2, -0.15) is 0 Å². The van der Waals surface area contributed by atoms with Crippen molar-refractivity contribution < 1.29 is 8.42 Å². The van der Waals surface area contributed by atoms with Crippen molar-refractivity contribution in [2.75, 3.05) is 46.0 Å². The van der Waals surface area contributed by atoms with Gasteiger partial charge in [-0.25, -0.2) is 8.42 Å². The third-order valence-corrected chi connectivity index (χ3v) is 8.85. The van der Waals surface area contributed by atoms with E-state index >= 15 is 0 Å². The largest absolute Gasteiger partial charge is 0.355 e. The molecule has 0 aromatic rings. The van der Waals surface area contributed by atoms with E-state index in [1.807, 2.05) is 0 Å². The van der Waals surface area contributed by atoms with E-state index in [1.54, 1.807) is 20.9 Å². The molecule has 166 valence electrons. The van der Waals surface area contributed by atoms with Gasteiger partial charge in [-0.05, 0) is 51.4 Å². The second-order valence-corrected chi connectivity index (χ2v) is 11.9. The van der Waals surface area contributed by atoms with Crippen LogP contribution in [0.5, 0.6) is 0 Å². The highest BCUT2D eigenvalue weighted by Crippen LogP contribution is 2.32. The number of hydrogen-bond donors (Lipinski definition) is 1. The van der Waals surface area contributed by atoms with Crippen molar-refractivity contribution in [2.45, 2.75) is 64.2 Å². The number of rotatable bonds is 5. The number of nitrogens with one attached hydrogen (secondary N) is 1. The molecule has 0 amide bonds. The highest BCUT2D eigenvalue weighted by molar-refractivity contribution is 14.0. The van der Waals surface area contributed by atoms with E-state index in [-0.39, 0.29) is 24.0 Å². The Labute approximate surface area is 189 Å². The first-order valence-corrected chi connectivity index (χ1v) is 12.3. The van der Waals surface area contributed by atoms with Crippen LogP contribution in [0, 0.1) is 11.8 Å². The summed E-state index contributed by atoms with van der Waals surface area (Å²) in [5.74, 6) is 2.53. The lowest BCUT2D eigenvalue weighted by atomic mass is 9.79. The van der Waals surface area contributed by atoms with Gasteiger partial charge in [0.15, 0.2) is 15.8 Å². The molecule has 2 fully saturated rings. The van der Waals surface area contributed by atoms with Crippen LogP contribution in [0.4, 0.5) is 0 Å². The first kappa shape index (κ1) is 25.9. The molecule has 2 rings (SSSR count). The lowest BCUT2D eigenvalue weighted by Crippen LogP contribution is -2.56. The molecule has 1 saturated carbocycles. The Morgan fingerprint density at radius 2 is 1.64 bits per heavy atom. The molecule has 8 heteroatoms. The Bertz CT molecular complexity index is 606. The summed E-state index contributed by atoms with van der Waals surface area (Å²) in [6, 6.07) is 0.737. The van der Waals surface area contributed by atoms with Crippen molar-refractivity contribution in [3.8, 4) is 0 Å². The van der Waals surface area contributed by atoms with Gasteiger partial charge in [0, 0.05) is 52.1 Å². The molecule has 2 aliphatic rings. The number of guanidine groups is 1. The molecule has 0 unspecified atom stereocenters. The SMILES string of the molecule is CN=C(NCC(C)(C)S(C)(=O)=O)N1CCN(C2CCC(C(C)C)CC2)CC1.I. The van der Waals surface area contributed by atoms with Crippen LogP contribution in [-0.2, 0) is 9.84 Å². The average molecular weight is 529 g/mol. The molecule has 1 heterocycles. The van der Waals surface area contributed by atoms with Crippen molar-refractivity contribution in [3.05, 3.63) is 0 Å². The predicted molar refractivity (Wildman–Crippen MR) is 129 cm³/mol. The van der Waals surface area contributed by atoms with Gasteiger partial charge in [0.1, 0.15) is 0 Å². The van der Waals surface area contributed by atoms with Gasteiger partial charge in [-0.3, -0.25) is 9.89 Å². The smallest absolute Gasteiger partial charge is 0.193 e. The Kier molecular flexibility index (Phi) is 10.0. The Morgan fingerprint density at radius 3 is 2.07 bits per heavy atom. The first-order valence-electron chi connectivity index (χ1n) is 10.4. The van der Waals surface area contributed by atoms with Crippen LogP contribution in [-0.4, -0.2) is 81.0 Å². The highest BCUT2D eigenvalue weighted by atomic mass is 127. The van der Waals surface area contributed by atoms with Gasteiger partial charge < -0.3 is 10.2 Å². The number of halogens is 1. The van der Waals surface area contributed by atoms with E-state index in [0.717, 1.165) is 50.0 Å². The number of aliphatic imine (C=N–C) groups is 1. The maximum absolute atomic E-state index is 11.9. The number of nitrogens with zero attached hydrogens (tertiary/aromatic N) is 3. The lowest BCUT2D eigenvalue weighted by Gasteiger charge is -2.43. The molecule has 1 aliphatic heterocycles. The van der Waals surface area contributed by atoms with Gasteiger partial charge in [0.05, 0.1) is 4.75 Å². The maximum atomic E-state index is 11.9. The van der Waals surface area contributed by atoms with Crippen molar-refractivity contribution in [3.63, 3.8) is 0 Å². The summed E-state index contributed by atoms with van der Waals surface area (Å²) in [6.45, 7) is 12.6. The molecule has 1 N–H and O–H groups in total. The summed E-state index contributed by atoms with van der Waals surface area (Å²) in [7, 11) is -1.34. The summed E-state index contributed by atoms with van der Waals surface area (Å²) >= 11 is 0. The fourth-order valence-electron chi connectivity index (χ4n) is 4.19. The first-order chi connectivity index (χ1) is 12.5. The minimum atomic E-state index is -3.12. The minimum absolute atomic E-state index is 0. The molecule has 0 bridgehead atoms. The van der Waals surface area contributed by atoms with Gasteiger partial charge in [-0.1, -0.05) is 13.8 Å². The van der Waals surface area contributed by atoms with Gasteiger partial charge >= 0.3 is 0 Å². The molecule has 6 nitrogen and oxygen atoms in total. The van der Waals surface area contributed by atoms with Crippen LogP contribution >= 0.6 is 24.0 Å². The normalized spacial score (nSPS) is 25.5. The monoisotopic (exact) mass is 528 g/mol. The van der Waals surface area contributed by atoms with Crippen molar-refractivity contribution >= 4 is 39.8 Å². The zero-order valence-corrected chi connectivity index (χ0v) is 21.7. The zero-order chi connectivity index (χ0) is 20.2. The number of piperazine rings is 1. The van der Waals surface area contributed by atoms with E-state index in [0.29, 0.717) is 6.54 Å². The quantitative estimate of drug-likeness (QED) is 0.338. The van der Waals surface area contributed by atoms with Gasteiger partial charge in [-0.15, -0.1) is 24.0 Å². The molecular formula is C20H41IN4O2S. The summed E-state index contributed by atoms with van der Waals surface area (Å²) in [6.07, 6.45) is 6.69. The van der Waals surface area contributed by atoms with Crippen LogP contribution in [0.1, 0.15) is 53.4 Å². The summed E-state index contributed by atoms with van der Waals surface area (Å²) < 4.78 is 23.0. The Morgan fingerprint density at radius 1 is 1.11 bits per heavy atom. The molecule has 1 saturated heterocycles. The predicted octanol–water partition coefficient (Wildman–Crippen LogP) is 2.84. The molecule has 0 radical (unpaired) electrons. The van der Waals surface area contributed by atoms with E-state index < -0.39 is 14.6 Å². The molecule has 0 aromatic carbocycles. The number of sulfone groups is 1. The van der Waals surface area contributed by atoms with E-state index in [1.165, 1.54) is 31.9 Å². The standard InChI is InChI=1S/C20H40N4O2S.HI/c1-16(2)17-7-9-18(10-8-17)23-11-13-24(14-12-23)19(21-5)22-15-20(3,4)27(6,25)26;/h16-18H,7-15H2,1-6H3,(H,21,22);1H. The van der Waals surface area contributed by atoms with Crippen LogP contribution in [0.3, 0.4) is 0 Å². The minimum Gasteiger partial charge on any atom is -0.355 e. The van der Waals surface area contributed by atoms with E-state index in [4.69, 9.17) is 0 Å². The fraction of sp³-hybridized carbons (Fsp3) is 0.950. The van der Waals surface area contributed by atoms with Crippen LogP contribution in [0.25, 0.3) is 0 Å². The van der Waals surface area contributed by atoms with Crippen LogP contribution in [0.2, 0.25) is 0 Å². The Hall–Kier alpha value is -0.0900. The second-order valence-electron chi connectivity index (χ2n) is 9.27. The second kappa shape index (κ2) is 10.8. The maximum Gasteiger partial charge on any atom is 0.193 e. The zero-order valence-electron chi connectivity index (χ0n) is 18.6. The molecule has 28 heavy (non-hydrogen) atoms.